The Morgan fingerprint density at radius 2 is 1.94 bits per heavy atom. The molecule has 0 unspecified atom stereocenters. The number of amides is 1. The van der Waals surface area contributed by atoms with Gasteiger partial charge in [0.1, 0.15) is 5.75 Å². The third kappa shape index (κ3) is 3.11. The molecule has 1 amide bonds. The Labute approximate surface area is 114 Å². The van der Waals surface area contributed by atoms with E-state index in [0.717, 1.165) is 16.6 Å². The van der Waals surface area contributed by atoms with E-state index in [-0.39, 0.29) is 11.7 Å². The molecule has 2 N–H and O–H groups in total. The number of halogens is 1. The number of carbonyl (C=O) groups excluding carboxylic acids is 1. The first-order valence-electron chi connectivity index (χ1n) is 5.44. The van der Waals surface area contributed by atoms with Crippen molar-refractivity contribution in [2.75, 3.05) is 5.32 Å². The summed E-state index contributed by atoms with van der Waals surface area (Å²) >= 11 is 3.37. The van der Waals surface area contributed by atoms with Crippen molar-refractivity contribution in [2.45, 2.75) is 5.33 Å². The molecule has 0 aromatic heterocycles. The zero-order valence-electron chi connectivity index (χ0n) is 9.56. The van der Waals surface area contributed by atoms with Crippen molar-refractivity contribution in [3.8, 4) is 5.75 Å². The minimum Gasteiger partial charge on any atom is -0.508 e. The van der Waals surface area contributed by atoms with Gasteiger partial charge in [-0.15, -0.1) is 0 Å². The van der Waals surface area contributed by atoms with Gasteiger partial charge in [0.05, 0.1) is 0 Å². The first-order chi connectivity index (χ1) is 8.69. The molecule has 2 rings (SSSR count). The molecule has 0 bridgehead atoms. The third-order valence-corrected chi connectivity index (χ3v) is 3.09. The Bertz CT molecular complexity index is 569. The molecular weight excluding hydrogens is 294 g/mol. The van der Waals surface area contributed by atoms with Crippen LogP contribution in [0, 0.1) is 0 Å². The van der Waals surface area contributed by atoms with E-state index < -0.39 is 0 Å². The highest BCUT2D eigenvalue weighted by Gasteiger charge is 2.06. The Balaban J connectivity index is 2.16. The second-order valence-corrected chi connectivity index (χ2v) is 4.40. The highest BCUT2D eigenvalue weighted by Crippen LogP contribution is 2.16. The van der Waals surface area contributed by atoms with Crippen molar-refractivity contribution in [3.05, 3.63) is 59.7 Å². The van der Waals surface area contributed by atoms with E-state index in [1.807, 2.05) is 24.3 Å². The van der Waals surface area contributed by atoms with Crippen LogP contribution in [-0.4, -0.2) is 11.0 Å². The summed E-state index contributed by atoms with van der Waals surface area (Å²) in [5.41, 5.74) is 2.25. The van der Waals surface area contributed by atoms with Gasteiger partial charge < -0.3 is 10.4 Å². The molecule has 0 radical (unpaired) electrons. The lowest BCUT2D eigenvalue weighted by atomic mass is 10.2. The number of alkyl halides is 1. The molecule has 0 aliphatic heterocycles. The Kier molecular flexibility index (Phi) is 3.99. The fraction of sp³-hybridized carbons (Fsp3) is 0.0714. The van der Waals surface area contributed by atoms with Crippen molar-refractivity contribution in [3.63, 3.8) is 0 Å². The summed E-state index contributed by atoms with van der Waals surface area (Å²) < 4.78 is 0. The average Bonchev–Trinajstić information content (AvgIpc) is 2.39. The summed E-state index contributed by atoms with van der Waals surface area (Å²) in [6.07, 6.45) is 0. The zero-order valence-corrected chi connectivity index (χ0v) is 11.1. The number of benzene rings is 2. The molecule has 0 saturated carbocycles. The van der Waals surface area contributed by atoms with Crippen LogP contribution < -0.4 is 5.32 Å². The summed E-state index contributed by atoms with van der Waals surface area (Å²) in [6, 6.07) is 13.8. The molecule has 0 aliphatic rings. The van der Waals surface area contributed by atoms with E-state index in [1.165, 1.54) is 12.1 Å². The molecule has 4 heteroatoms. The Hall–Kier alpha value is -1.81. The number of nitrogens with one attached hydrogen (secondary N) is 1. The van der Waals surface area contributed by atoms with Crippen LogP contribution in [0.15, 0.2) is 48.5 Å². The zero-order chi connectivity index (χ0) is 13.0. The van der Waals surface area contributed by atoms with Gasteiger partial charge in [-0.1, -0.05) is 34.1 Å². The van der Waals surface area contributed by atoms with Crippen molar-refractivity contribution < 1.29 is 9.90 Å². The number of hydrogen-bond donors (Lipinski definition) is 2. The first-order valence-corrected chi connectivity index (χ1v) is 6.56. The van der Waals surface area contributed by atoms with Gasteiger partial charge in [0.15, 0.2) is 0 Å². The third-order valence-electron chi connectivity index (χ3n) is 2.45. The van der Waals surface area contributed by atoms with Crippen LogP contribution in [0.5, 0.6) is 5.75 Å². The maximum absolute atomic E-state index is 11.9. The van der Waals surface area contributed by atoms with E-state index in [1.54, 1.807) is 12.1 Å². The number of phenols is 1. The fourth-order valence-electron chi connectivity index (χ4n) is 1.58. The number of phenolic OH excluding ortho intramolecular Hbond substituents is 1. The molecule has 0 fully saturated rings. The minimum atomic E-state index is -0.238. The second-order valence-electron chi connectivity index (χ2n) is 3.84. The summed E-state index contributed by atoms with van der Waals surface area (Å²) in [5.74, 6) is -0.158. The lowest BCUT2D eigenvalue weighted by molar-refractivity contribution is 0.102. The van der Waals surface area contributed by atoms with Gasteiger partial charge in [-0.05, 0) is 35.9 Å². The predicted molar refractivity (Wildman–Crippen MR) is 75.1 cm³/mol. The molecule has 0 heterocycles. The summed E-state index contributed by atoms with van der Waals surface area (Å²) in [4.78, 5) is 11.9. The van der Waals surface area contributed by atoms with E-state index in [9.17, 15) is 9.90 Å². The summed E-state index contributed by atoms with van der Waals surface area (Å²) in [6.45, 7) is 0. The van der Waals surface area contributed by atoms with E-state index in [4.69, 9.17) is 0 Å². The van der Waals surface area contributed by atoms with Crippen LogP contribution in [0.1, 0.15) is 15.9 Å². The molecule has 0 saturated heterocycles. The molecule has 18 heavy (non-hydrogen) atoms. The molecule has 0 atom stereocenters. The number of aromatic hydroxyl groups is 1. The number of rotatable bonds is 3. The maximum atomic E-state index is 11.9. The Morgan fingerprint density at radius 3 is 2.67 bits per heavy atom. The summed E-state index contributed by atoms with van der Waals surface area (Å²) in [5, 5.41) is 12.9. The van der Waals surface area contributed by atoms with Gasteiger partial charge in [0.25, 0.3) is 5.91 Å². The standard InChI is InChI=1S/C14H12BrNO2/c15-9-10-3-1-5-12(7-10)16-14(18)11-4-2-6-13(17)8-11/h1-8,17H,9H2,(H,16,18). The van der Waals surface area contributed by atoms with Gasteiger partial charge in [0.2, 0.25) is 0 Å². The fourth-order valence-corrected chi connectivity index (χ4v) is 1.93. The monoisotopic (exact) mass is 305 g/mol. The summed E-state index contributed by atoms with van der Waals surface area (Å²) in [7, 11) is 0. The molecule has 0 aliphatic carbocycles. The topological polar surface area (TPSA) is 49.3 Å². The van der Waals surface area contributed by atoms with Crippen LogP contribution in [-0.2, 0) is 5.33 Å². The van der Waals surface area contributed by atoms with Crippen molar-refractivity contribution in [1.29, 1.82) is 0 Å². The predicted octanol–water partition coefficient (Wildman–Crippen LogP) is 3.54. The van der Waals surface area contributed by atoms with Crippen LogP contribution in [0.3, 0.4) is 0 Å². The largest absolute Gasteiger partial charge is 0.508 e. The first kappa shape index (κ1) is 12.6. The second kappa shape index (κ2) is 5.69. The van der Waals surface area contributed by atoms with Crippen LogP contribution in [0.25, 0.3) is 0 Å². The van der Waals surface area contributed by atoms with E-state index in [0.29, 0.717) is 5.56 Å². The molecule has 0 spiro atoms. The van der Waals surface area contributed by atoms with Gasteiger partial charge in [0, 0.05) is 16.6 Å². The molecule has 92 valence electrons. The average molecular weight is 306 g/mol. The quantitative estimate of drug-likeness (QED) is 0.852. The minimum absolute atomic E-state index is 0.0804. The Morgan fingerprint density at radius 1 is 1.17 bits per heavy atom. The number of carbonyl (C=O) groups is 1. The van der Waals surface area contributed by atoms with Crippen molar-refractivity contribution >= 4 is 27.5 Å². The maximum Gasteiger partial charge on any atom is 0.255 e. The molecule has 2 aromatic rings. The van der Waals surface area contributed by atoms with Crippen LogP contribution in [0.2, 0.25) is 0 Å². The molecule has 2 aromatic carbocycles. The number of anilines is 1. The normalized spacial score (nSPS) is 10.1. The van der Waals surface area contributed by atoms with Crippen LogP contribution >= 0.6 is 15.9 Å². The number of hydrogen-bond acceptors (Lipinski definition) is 2. The van der Waals surface area contributed by atoms with Gasteiger partial charge in [-0.2, -0.15) is 0 Å². The molecule has 3 nitrogen and oxygen atoms in total. The van der Waals surface area contributed by atoms with E-state index >= 15 is 0 Å². The van der Waals surface area contributed by atoms with Crippen molar-refractivity contribution in [2.24, 2.45) is 0 Å². The lowest BCUT2D eigenvalue weighted by Crippen LogP contribution is -2.11. The SMILES string of the molecule is O=C(Nc1cccc(CBr)c1)c1cccc(O)c1. The highest BCUT2D eigenvalue weighted by molar-refractivity contribution is 9.08. The van der Waals surface area contributed by atoms with Gasteiger partial charge in [-0.3, -0.25) is 4.79 Å². The highest BCUT2D eigenvalue weighted by atomic mass is 79.9. The van der Waals surface area contributed by atoms with Crippen molar-refractivity contribution in [1.82, 2.24) is 0 Å². The van der Waals surface area contributed by atoms with E-state index in [2.05, 4.69) is 21.2 Å². The van der Waals surface area contributed by atoms with Gasteiger partial charge >= 0.3 is 0 Å². The van der Waals surface area contributed by atoms with Gasteiger partial charge in [-0.25, -0.2) is 0 Å². The lowest BCUT2D eigenvalue weighted by Gasteiger charge is -2.06. The molecular formula is C14H12BrNO2. The van der Waals surface area contributed by atoms with Crippen LogP contribution in [0.4, 0.5) is 5.69 Å². The smallest absolute Gasteiger partial charge is 0.255 e.